The Morgan fingerprint density at radius 1 is 1.36 bits per heavy atom. The van der Waals surface area contributed by atoms with E-state index < -0.39 is 18.3 Å². The molecule has 0 saturated carbocycles. The predicted molar refractivity (Wildman–Crippen MR) is 38.1 cm³/mol. The van der Waals surface area contributed by atoms with Gasteiger partial charge in [-0.15, -0.1) is 0 Å². The lowest BCUT2D eigenvalue weighted by molar-refractivity contribution is -0.173. The maximum atomic E-state index is 9.21. The average Bonchev–Trinajstić information content (AvgIpc) is 1.97. The average molecular weight is 162 g/mol. The summed E-state index contributed by atoms with van der Waals surface area (Å²) in [6.45, 7) is 1.53. The van der Waals surface area contributed by atoms with Gasteiger partial charge in [0, 0.05) is 6.42 Å². The van der Waals surface area contributed by atoms with E-state index in [-0.39, 0.29) is 19.1 Å². The molecule has 1 aliphatic rings. The van der Waals surface area contributed by atoms with Gasteiger partial charge in [0.05, 0.1) is 24.9 Å². The maximum absolute atomic E-state index is 9.21. The van der Waals surface area contributed by atoms with Gasteiger partial charge in [0.15, 0.2) is 0 Å². The van der Waals surface area contributed by atoms with Gasteiger partial charge in [0.25, 0.3) is 0 Å². The summed E-state index contributed by atoms with van der Waals surface area (Å²) in [6, 6.07) is 0. The molecule has 4 nitrogen and oxygen atoms in total. The first-order valence-corrected chi connectivity index (χ1v) is 3.77. The molecule has 3 unspecified atom stereocenters. The molecule has 11 heavy (non-hydrogen) atoms. The number of hydrogen-bond donors (Lipinski definition) is 3. The van der Waals surface area contributed by atoms with Gasteiger partial charge in [-0.25, -0.2) is 0 Å². The van der Waals surface area contributed by atoms with E-state index in [9.17, 15) is 10.2 Å². The van der Waals surface area contributed by atoms with Crippen LogP contribution in [0.1, 0.15) is 13.3 Å². The van der Waals surface area contributed by atoms with Crippen LogP contribution in [0.4, 0.5) is 0 Å². The summed E-state index contributed by atoms with van der Waals surface area (Å²) < 4.78 is 5.11. The molecule has 0 aromatic carbocycles. The highest BCUT2D eigenvalue weighted by Gasteiger charge is 2.32. The molecule has 0 spiro atoms. The van der Waals surface area contributed by atoms with Crippen LogP contribution in [0.25, 0.3) is 0 Å². The first-order chi connectivity index (χ1) is 5.15. The zero-order valence-corrected chi connectivity index (χ0v) is 6.47. The summed E-state index contributed by atoms with van der Waals surface area (Å²) in [6.07, 6.45) is -1.91. The fourth-order valence-corrected chi connectivity index (χ4v) is 1.21. The molecule has 1 heterocycles. The number of aliphatic hydroxyl groups excluding tert-OH is 3. The Kier molecular flexibility index (Phi) is 2.84. The van der Waals surface area contributed by atoms with Gasteiger partial charge < -0.3 is 20.1 Å². The zero-order valence-electron chi connectivity index (χ0n) is 6.47. The minimum Gasteiger partial charge on any atom is -0.394 e. The van der Waals surface area contributed by atoms with Crippen molar-refractivity contribution in [1.29, 1.82) is 0 Å². The van der Waals surface area contributed by atoms with Gasteiger partial charge in [-0.05, 0) is 6.92 Å². The summed E-state index contributed by atoms with van der Waals surface area (Å²) in [4.78, 5) is 0. The molecule has 3 N–H and O–H groups in total. The summed E-state index contributed by atoms with van der Waals surface area (Å²) in [5.74, 6) is 0. The van der Waals surface area contributed by atoms with Crippen LogP contribution >= 0.6 is 0 Å². The fourth-order valence-electron chi connectivity index (χ4n) is 1.21. The molecular weight excluding hydrogens is 148 g/mol. The molecule has 0 aliphatic carbocycles. The largest absolute Gasteiger partial charge is 0.394 e. The molecule has 1 rings (SSSR count). The van der Waals surface area contributed by atoms with Crippen LogP contribution in [-0.2, 0) is 4.74 Å². The van der Waals surface area contributed by atoms with E-state index in [2.05, 4.69) is 0 Å². The van der Waals surface area contributed by atoms with Crippen LogP contribution in [0, 0.1) is 0 Å². The van der Waals surface area contributed by atoms with Crippen LogP contribution in [0.5, 0.6) is 0 Å². The van der Waals surface area contributed by atoms with Gasteiger partial charge in [0.2, 0.25) is 0 Å². The van der Waals surface area contributed by atoms with Crippen LogP contribution < -0.4 is 0 Å². The lowest BCUT2D eigenvalue weighted by atomic mass is 10.00. The quantitative estimate of drug-likeness (QED) is 0.456. The number of ether oxygens (including phenoxy) is 1. The van der Waals surface area contributed by atoms with Gasteiger partial charge in [-0.1, -0.05) is 0 Å². The lowest BCUT2D eigenvalue weighted by Crippen LogP contribution is -2.47. The normalized spacial score (nSPS) is 45.8. The van der Waals surface area contributed by atoms with E-state index >= 15 is 0 Å². The topological polar surface area (TPSA) is 69.9 Å². The molecular formula is C7H14O4. The Hall–Kier alpha value is -0.160. The Bertz CT molecular complexity index is 128. The minimum atomic E-state index is -0.744. The molecule has 0 bridgehead atoms. The highest BCUT2D eigenvalue weighted by atomic mass is 16.5. The Balaban J connectivity index is 2.48. The second-order valence-electron chi connectivity index (χ2n) is 2.93. The van der Waals surface area contributed by atoms with E-state index in [1.165, 1.54) is 0 Å². The third-order valence-corrected chi connectivity index (χ3v) is 2.02. The molecule has 0 radical (unpaired) electrons. The molecule has 1 aliphatic heterocycles. The lowest BCUT2D eigenvalue weighted by Gasteiger charge is -2.34. The first kappa shape index (κ1) is 8.93. The molecule has 0 aromatic heterocycles. The number of rotatable bonds is 1. The summed E-state index contributed by atoms with van der Waals surface area (Å²) in [5.41, 5.74) is 0. The third-order valence-electron chi connectivity index (χ3n) is 2.02. The molecule has 66 valence electrons. The zero-order chi connectivity index (χ0) is 8.43. The van der Waals surface area contributed by atoms with Crippen molar-refractivity contribution in [3.8, 4) is 0 Å². The fraction of sp³-hybridized carbons (Fsp3) is 1.00. The molecule has 0 aromatic rings. The summed E-state index contributed by atoms with van der Waals surface area (Å²) >= 11 is 0. The summed E-state index contributed by atoms with van der Waals surface area (Å²) in [7, 11) is 0. The molecule has 4 heteroatoms. The van der Waals surface area contributed by atoms with Gasteiger partial charge >= 0.3 is 0 Å². The highest BCUT2D eigenvalue weighted by molar-refractivity contribution is 4.81. The smallest absolute Gasteiger partial charge is 0.107 e. The van der Waals surface area contributed by atoms with Crippen molar-refractivity contribution in [2.45, 2.75) is 37.8 Å². The Labute approximate surface area is 65.4 Å². The van der Waals surface area contributed by atoms with Crippen LogP contribution in [0.3, 0.4) is 0 Å². The number of aliphatic hydroxyl groups is 3. The Morgan fingerprint density at radius 3 is 2.55 bits per heavy atom. The van der Waals surface area contributed by atoms with E-state index in [4.69, 9.17) is 9.84 Å². The van der Waals surface area contributed by atoms with Crippen molar-refractivity contribution in [2.24, 2.45) is 0 Å². The van der Waals surface area contributed by atoms with Crippen molar-refractivity contribution in [3.63, 3.8) is 0 Å². The highest BCUT2D eigenvalue weighted by Crippen LogP contribution is 2.19. The van der Waals surface area contributed by atoms with Gasteiger partial charge in [0.1, 0.15) is 6.10 Å². The van der Waals surface area contributed by atoms with Crippen molar-refractivity contribution < 1.29 is 20.1 Å². The van der Waals surface area contributed by atoms with Crippen LogP contribution in [-0.4, -0.2) is 46.3 Å². The first-order valence-electron chi connectivity index (χ1n) is 3.77. The number of hydrogen-bond acceptors (Lipinski definition) is 4. The summed E-state index contributed by atoms with van der Waals surface area (Å²) in [5, 5.41) is 27.1. The van der Waals surface area contributed by atoms with E-state index in [0.717, 1.165) is 0 Å². The molecule has 1 fully saturated rings. The van der Waals surface area contributed by atoms with Crippen molar-refractivity contribution in [2.75, 3.05) is 6.61 Å². The molecule has 0 amide bonds. The second kappa shape index (κ2) is 3.49. The van der Waals surface area contributed by atoms with Crippen molar-refractivity contribution in [3.05, 3.63) is 0 Å². The van der Waals surface area contributed by atoms with Crippen molar-refractivity contribution >= 4 is 0 Å². The Morgan fingerprint density at radius 2 is 2.00 bits per heavy atom. The monoisotopic (exact) mass is 162 g/mol. The maximum Gasteiger partial charge on any atom is 0.107 e. The minimum absolute atomic E-state index is 0.196. The standard InChI is InChI=1S/C7H14O4/c1-4-5(9)2-6(10)7(3-8)11-4/h4-10H,2-3H2,1H3/t4-,5?,6?,7?/m0/s1. The van der Waals surface area contributed by atoms with Crippen LogP contribution in [0.15, 0.2) is 0 Å². The molecule has 4 atom stereocenters. The van der Waals surface area contributed by atoms with E-state index in [0.29, 0.717) is 0 Å². The van der Waals surface area contributed by atoms with Crippen LogP contribution in [0.2, 0.25) is 0 Å². The van der Waals surface area contributed by atoms with Crippen molar-refractivity contribution in [1.82, 2.24) is 0 Å². The SMILES string of the molecule is C[C@@H]1OC(CO)C(O)CC1O. The third kappa shape index (κ3) is 1.90. The second-order valence-corrected chi connectivity index (χ2v) is 2.93. The van der Waals surface area contributed by atoms with E-state index in [1.54, 1.807) is 6.92 Å². The van der Waals surface area contributed by atoms with E-state index in [1.807, 2.05) is 0 Å². The predicted octanol–water partition coefficient (Wildman–Crippen LogP) is -1.12. The van der Waals surface area contributed by atoms with Gasteiger partial charge in [-0.2, -0.15) is 0 Å². The molecule has 1 saturated heterocycles. The van der Waals surface area contributed by atoms with Gasteiger partial charge in [-0.3, -0.25) is 0 Å².